The van der Waals surface area contributed by atoms with Gasteiger partial charge in [-0.05, 0) is 37.6 Å². The van der Waals surface area contributed by atoms with Crippen LogP contribution in [-0.4, -0.2) is 32.4 Å². The first-order valence-corrected chi connectivity index (χ1v) is 6.75. The van der Waals surface area contributed by atoms with E-state index in [2.05, 4.69) is 0 Å². The molecule has 0 saturated heterocycles. The molecule has 0 radical (unpaired) electrons. The third-order valence-electron chi connectivity index (χ3n) is 2.42. The van der Waals surface area contributed by atoms with Gasteiger partial charge in [0.1, 0.15) is 5.82 Å². The summed E-state index contributed by atoms with van der Waals surface area (Å²) in [6, 6.07) is 4.72. The molecule has 0 bridgehead atoms. The number of halogens is 1. The summed E-state index contributed by atoms with van der Waals surface area (Å²) >= 11 is 0. The fourth-order valence-electron chi connectivity index (χ4n) is 1.29. The van der Waals surface area contributed by atoms with E-state index in [9.17, 15) is 12.8 Å². The lowest BCUT2D eigenvalue weighted by molar-refractivity contribution is 0.446. The predicted molar refractivity (Wildman–Crippen MR) is 64.5 cm³/mol. The molecule has 0 aliphatic rings. The summed E-state index contributed by atoms with van der Waals surface area (Å²) in [7, 11) is -2.05. The number of benzene rings is 1. The fourth-order valence-corrected chi connectivity index (χ4v) is 2.48. The molecule has 0 amide bonds. The second-order valence-corrected chi connectivity index (χ2v) is 6.09. The lowest BCUT2D eigenvalue weighted by Gasteiger charge is -2.18. The molecular formula is C11H17FN2O2S. The number of nitrogens with two attached hydrogens (primary N) is 1. The van der Waals surface area contributed by atoms with Gasteiger partial charge in [0.25, 0.3) is 0 Å². The predicted octanol–water partition coefficient (Wildman–Crippen LogP) is 1.18. The Balaban J connectivity index is 2.84. The maximum atomic E-state index is 12.7. The highest BCUT2D eigenvalue weighted by molar-refractivity contribution is 7.89. The smallest absolute Gasteiger partial charge is 0.242 e. The summed E-state index contributed by atoms with van der Waals surface area (Å²) in [5.74, 6) is -0.456. The van der Waals surface area contributed by atoms with Gasteiger partial charge in [-0.1, -0.05) is 0 Å². The van der Waals surface area contributed by atoms with Crippen molar-refractivity contribution in [3.63, 3.8) is 0 Å². The topological polar surface area (TPSA) is 63.4 Å². The molecule has 1 aromatic rings. The second kappa shape index (κ2) is 5.57. The fraction of sp³-hybridized carbons (Fsp3) is 0.455. The largest absolute Gasteiger partial charge is 0.328 e. The van der Waals surface area contributed by atoms with Gasteiger partial charge in [0, 0.05) is 19.6 Å². The van der Waals surface area contributed by atoms with Crippen LogP contribution in [0.3, 0.4) is 0 Å². The normalized spacial score (nSPS) is 13.9. The molecule has 96 valence electrons. The molecule has 0 aliphatic carbocycles. The van der Waals surface area contributed by atoms with Crippen molar-refractivity contribution < 1.29 is 12.8 Å². The molecule has 1 atom stereocenters. The molecule has 17 heavy (non-hydrogen) atoms. The lowest BCUT2D eigenvalue weighted by atomic mass is 10.2. The Morgan fingerprint density at radius 3 is 2.35 bits per heavy atom. The minimum Gasteiger partial charge on any atom is -0.328 e. The van der Waals surface area contributed by atoms with Crippen molar-refractivity contribution >= 4 is 10.0 Å². The van der Waals surface area contributed by atoms with Gasteiger partial charge in [0.2, 0.25) is 10.0 Å². The maximum absolute atomic E-state index is 12.7. The number of hydrogen-bond donors (Lipinski definition) is 1. The Bertz CT molecular complexity index is 457. The van der Waals surface area contributed by atoms with Gasteiger partial charge in [0.15, 0.2) is 0 Å². The summed E-state index contributed by atoms with van der Waals surface area (Å²) in [4.78, 5) is 0.0890. The first-order valence-electron chi connectivity index (χ1n) is 5.31. The first kappa shape index (κ1) is 14.1. The van der Waals surface area contributed by atoms with Gasteiger partial charge in [-0.3, -0.25) is 0 Å². The van der Waals surface area contributed by atoms with Gasteiger partial charge in [-0.15, -0.1) is 0 Å². The number of rotatable bonds is 5. The van der Waals surface area contributed by atoms with Crippen molar-refractivity contribution in [2.45, 2.75) is 24.3 Å². The van der Waals surface area contributed by atoms with E-state index in [1.54, 1.807) is 0 Å². The lowest BCUT2D eigenvalue weighted by Crippen LogP contribution is -2.31. The monoisotopic (exact) mass is 260 g/mol. The quantitative estimate of drug-likeness (QED) is 0.864. The van der Waals surface area contributed by atoms with Gasteiger partial charge < -0.3 is 5.73 Å². The third-order valence-corrected chi connectivity index (χ3v) is 4.29. The van der Waals surface area contributed by atoms with E-state index in [-0.39, 0.29) is 10.9 Å². The Morgan fingerprint density at radius 2 is 1.88 bits per heavy atom. The molecule has 0 aliphatic heterocycles. The van der Waals surface area contributed by atoms with Gasteiger partial charge >= 0.3 is 0 Å². The summed E-state index contributed by atoms with van der Waals surface area (Å²) in [6.45, 7) is 2.16. The summed E-state index contributed by atoms with van der Waals surface area (Å²) in [5.41, 5.74) is 5.57. The molecule has 1 rings (SSSR count). The molecule has 0 aromatic heterocycles. The van der Waals surface area contributed by atoms with E-state index < -0.39 is 15.8 Å². The second-order valence-electron chi connectivity index (χ2n) is 4.05. The van der Waals surface area contributed by atoms with E-state index in [1.165, 1.54) is 23.5 Å². The number of hydrogen-bond acceptors (Lipinski definition) is 3. The van der Waals surface area contributed by atoms with Crippen LogP contribution in [0, 0.1) is 5.82 Å². The van der Waals surface area contributed by atoms with E-state index >= 15 is 0 Å². The summed E-state index contributed by atoms with van der Waals surface area (Å²) < 4.78 is 38.0. The minimum atomic E-state index is -3.54. The van der Waals surface area contributed by atoms with Gasteiger partial charge in [0.05, 0.1) is 4.90 Å². The molecule has 0 fully saturated rings. The maximum Gasteiger partial charge on any atom is 0.242 e. The highest BCUT2D eigenvalue weighted by Gasteiger charge is 2.20. The molecule has 1 unspecified atom stereocenters. The molecule has 2 N–H and O–H groups in total. The van der Waals surface area contributed by atoms with E-state index in [0.29, 0.717) is 13.0 Å². The van der Waals surface area contributed by atoms with Gasteiger partial charge in [-0.2, -0.15) is 0 Å². The van der Waals surface area contributed by atoms with Crippen LogP contribution in [0.15, 0.2) is 29.2 Å². The minimum absolute atomic E-state index is 0.0548. The highest BCUT2D eigenvalue weighted by Crippen LogP contribution is 2.15. The third kappa shape index (κ3) is 3.76. The van der Waals surface area contributed by atoms with Crippen molar-refractivity contribution in [2.24, 2.45) is 5.73 Å². The summed E-state index contributed by atoms with van der Waals surface area (Å²) in [5, 5.41) is 0. The molecular weight excluding hydrogens is 243 g/mol. The van der Waals surface area contributed by atoms with Crippen molar-refractivity contribution in [3.8, 4) is 0 Å². The average Bonchev–Trinajstić information content (AvgIpc) is 2.26. The molecule has 6 heteroatoms. The first-order chi connectivity index (χ1) is 7.84. The highest BCUT2D eigenvalue weighted by atomic mass is 32.2. The van der Waals surface area contributed by atoms with Crippen molar-refractivity contribution in [1.82, 2.24) is 4.31 Å². The van der Waals surface area contributed by atoms with Crippen LogP contribution >= 0.6 is 0 Å². The Labute approximate surface area is 101 Å². The Kier molecular flexibility index (Phi) is 4.62. The zero-order valence-electron chi connectivity index (χ0n) is 9.93. The number of sulfonamides is 1. The van der Waals surface area contributed by atoms with Crippen molar-refractivity contribution in [2.75, 3.05) is 13.6 Å². The molecule has 1 aromatic carbocycles. The Hall–Kier alpha value is -0.980. The van der Waals surface area contributed by atoms with Crippen LogP contribution in [0.1, 0.15) is 13.3 Å². The summed E-state index contributed by atoms with van der Waals surface area (Å²) in [6.07, 6.45) is 0.580. The average molecular weight is 260 g/mol. The zero-order valence-corrected chi connectivity index (χ0v) is 10.7. The van der Waals surface area contributed by atoms with Crippen LogP contribution in [0.4, 0.5) is 4.39 Å². The Morgan fingerprint density at radius 1 is 1.35 bits per heavy atom. The van der Waals surface area contributed by atoms with Crippen LogP contribution in [0.2, 0.25) is 0 Å². The van der Waals surface area contributed by atoms with Crippen molar-refractivity contribution in [3.05, 3.63) is 30.1 Å². The molecule has 4 nitrogen and oxygen atoms in total. The standard InChI is InChI=1S/C11H17FN2O2S/c1-9(13)7-8-14(2)17(15,16)11-5-3-10(12)4-6-11/h3-6,9H,7-8,13H2,1-2H3. The zero-order chi connectivity index (χ0) is 13.1. The van der Waals surface area contributed by atoms with Crippen LogP contribution in [0.25, 0.3) is 0 Å². The van der Waals surface area contributed by atoms with Gasteiger partial charge in [-0.25, -0.2) is 17.1 Å². The van der Waals surface area contributed by atoms with Crippen LogP contribution in [0.5, 0.6) is 0 Å². The SMILES string of the molecule is CC(N)CCN(C)S(=O)(=O)c1ccc(F)cc1. The van der Waals surface area contributed by atoms with Crippen LogP contribution in [-0.2, 0) is 10.0 Å². The van der Waals surface area contributed by atoms with E-state index in [0.717, 1.165) is 12.1 Å². The van der Waals surface area contributed by atoms with Crippen molar-refractivity contribution in [1.29, 1.82) is 0 Å². The molecule has 0 saturated carbocycles. The number of nitrogens with zero attached hydrogens (tertiary/aromatic N) is 1. The molecule has 0 heterocycles. The molecule has 0 spiro atoms. The van der Waals surface area contributed by atoms with E-state index in [4.69, 9.17) is 5.73 Å². The van der Waals surface area contributed by atoms with E-state index in [1.807, 2.05) is 6.92 Å². The van der Waals surface area contributed by atoms with Crippen LogP contribution < -0.4 is 5.73 Å².